The van der Waals surface area contributed by atoms with Gasteiger partial charge in [0.25, 0.3) is 0 Å². The Bertz CT molecular complexity index is 1130. The van der Waals surface area contributed by atoms with Crippen LogP contribution in [-0.2, 0) is 11.9 Å². The summed E-state index contributed by atoms with van der Waals surface area (Å²) in [6.45, 7) is 1.79. The second kappa shape index (κ2) is 7.24. The van der Waals surface area contributed by atoms with Crippen molar-refractivity contribution in [2.24, 2.45) is 0 Å². The van der Waals surface area contributed by atoms with Gasteiger partial charge in [-0.1, -0.05) is 11.8 Å². The second-order valence-electron chi connectivity index (χ2n) is 5.91. The van der Waals surface area contributed by atoms with Gasteiger partial charge < -0.3 is 10.3 Å². The Hall–Kier alpha value is -3.35. The summed E-state index contributed by atoms with van der Waals surface area (Å²) >= 11 is 1.24. The Morgan fingerprint density at radius 1 is 1.10 bits per heavy atom. The molecule has 150 valence electrons. The number of hydrogen-bond acceptors (Lipinski definition) is 8. The maximum absolute atomic E-state index is 12.7. The van der Waals surface area contributed by atoms with Crippen molar-refractivity contribution in [2.45, 2.75) is 24.0 Å². The Labute approximate surface area is 165 Å². The van der Waals surface area contributed by atoms with Crippen LogP contribution in [0.3, 0.4) is 0 Å². The van der Waals surface area contributed by atoms with E-state index in [1.54, 1.807) is 13.0 Å². The number of nitrogen functional groups attached to an aromatic ring is 1. The quantitative estimate of drug-likeness (QED) is 0.386. The zero-order valence-electron chi connectivity index (χ0n) is 14.8. The summed E-state index contributed by atoms with van der Waals surface area (Å²) in [5.41, 5.74) is 0.382. The lowest BCUT2D eigenvalue weighted by Gasteiger charge is -2.08. The lowest BCUT2D eigenvalue weighted by atomic mass is 10.2. The summed E-state index contributed by atoms with van der Waals surface area (Å²) in [5, 5.41) is 19.9. The van der Waals surface area contributed by atoms with Crippen molar-refractivity contribution < 1.29 is 17.6 Å². The summed E-state index contributed by atoms with van der Waals surface area (Å²) in [4.78, 5) is 0. The molecule has 0 atom stereocenters. The third-order valence-electron chi connectivity index (χ3n) is 4.07. The van der Waals surface area contributed by atoms with Crippen LogP contribution in [0.15, 0.2) is 46.2 Å². The van der Waals surface area contributed by atoms with Gasteiger partial charge >= 0.3 is 6.18 Å². The van der Waals surface area contributed by atoms with Gasteiger partial charge in [0.2, 0.25) is 5.16 Å². The highest BCUT2D eigenvalue weighted by atomic mass is 32.2. The van der Waals surface area contributed by atoms with Gasteiger partial charge in [-0.05, 0) is 47.7 Å². The number of nitrogens with zero attached hydrogens (tertiary/aromatic N) is 7. The van der Waals surface area contributed by atoms with Crippen LogP contribution < -0.4 is 5.84 Å². The number of rotatable bonds is 5. The first-order valence-electron chi connectivity index (χ1n) is 8.17. The molecule has 4 aromatic rings. The molecule has 0 bridgehead atoms. The highest BCUT2D eigenvalue weighted by Gasteiger charge is 2.30. The Kier molecular flexibility index (Phi) is 4.74. The molecule has 0 unspecified atom stereocenters. The number of benzene rings is 1. The zero-order valence-corrected chi connectivity index (χ0v) is 15.6. The fourth-order valence-electron chi connectivity index (χ4n) is 2.59. The molecule has 3 heterocycles. The van der Waals surface area contributed by atoms with Crippen LogP contribution in [0, 0.1) is 6.92 Å². The van der Waals surface area contributed by atoms with Crippen molar-refractivity contribution in [3.05, 3.63) is 53.7 Å². The van der Waals surface area contributed by atoms with Crippen LogP contribution >= 0.6 is 11.8 Å². The smallest absolute Gasteiger partial charge is 0.416 e. The van der Waals surface area contributed by atoms with E-state index in [-0.39, 0.29) is 5.75 Å². The van der Waals surface area contributed by atoms with E-state index in [1.165, 1.54) is 39.5 Å². The maximum Gasteiger partial charge on any atom is 0.416 e. The van der Waals surface area contributed by atoms with Gasteiger partial charge in [-0.25, -0.2) is 4.68 Å². The number of tetrazole rings is 1. The first kappa shape index (κ1) is 19.0. The maximum atomic E-state index is 12.7. The van der Waals surface area contributed by atoms with Crippen molar-refractivity contribution in [3.8, 4) is 17.1 Å². The minimum absolute atomic E-state index is 0.272. The van der Waals surface area contributed by atoms with Crippen molar-refractivity contribution in [1.82, 2.24) is 35.1 Å². The summed E-state index contributed by atoms with van der Waals surface area (Å²) in [5.74, 6) is 7.87. The van der Waals surface area contributed by atoms with Crippen LogP contribution in [0.2, 0.25) is 0 Å². The summed E-state index contributed by atoms with van der Waals surface area (Å²) in [6, 6.07) is 6.30. The van der Waals surface area contributed by atoms with Crippen LogP contribution in [0.25, 0.3) is 17.1 Å². The van der Waals surface area contributed by atoms with Gasteiger partial charge in [-0.3, -0.25) is 0 Å². The first-order valence-corrected chi connectivity index (χ1v) is 9.16. The van der Waals surface area contributed by atoms with Gasteiger partial charge in [0.1, 0.15) is 5.76 Å². The average molecular weight is 422 g/mol. The first-order chi connectivity index (χ1) is 13.8. The lowest BCUT2D eigenvalue weighted by molar-refractivity contribution is -0.137. The number of alkyl halides is 3. The molecule has 2 N–H and O–H groups in total. The number of aryl methyl sites for hydroxylation is 1. The van der Waals surface area contributed by atoms with Gasteiger partial charge in [0.05, 0.1) is 28.8 Å². The number of aromatic nitrogens is 7. The minimum atomic E-state index is -4.41. The molecule has 0 aliphatic rings. The molecule has 0 amide bonds. The number of thioether (sulfide) groups is 1. The number of furan rings is 1. The lowest BCUT2D eigenvalue weighted by Crippen LogP contribution is -2.12. The van der Waals surface area contributed by atoms with Gasteiger partial charge in [-0.15, -0.1) is 15.3 Å². The monoisotopic (exact) mass is 422 g/mol. The van der Waals surface area contributed by atoms with E-state index in [4.69, 9.17) is 10.3 Å². The van der Waals surface area contributed by atoms with Crippen molar-refractivity contribution >= 4 is 11.8 Å². The molecule has 0 aliphatic heterocycles. The summed E-state index contributed by atoms with van der Waals surface area (Å²) in [6.07, 6.45) is -2.88. The predicted molar refractivity (Wildman–Crippen MR) is 96.3 cm³/mol. The van der Waals surface area contributed by atoms with Crippen LogP contribution in [-0.4, -0.2) is 35.1 Å². The molecule has 0 saturated carbocycles. The molecular formula is C16H13F3N8OS. The normalized spacial score (nSPS) is 11.9. The predicted octanol–water partition coefficient (Wildman–Crippen LogP) is 2.85. The van der Waals surface area contributed by atoms with Crippen LogP contribution in [0.4, 0.5) is 13.2 Å². The molecule has 9 nitrogen and oxygen atoms in total. The molecule has 4 rings (SSSR count). The second-order valence-corrected chi connectivity index (χ2v) is 6.85. The number of hydrogen-bond donors (Lipinski definition) is 1. The molecular weight excluding hydrogens is 409 g/mol. The standard InChI is InChI=1S/C16H13F3N8OS/c1-9-12(6-7-28-9)14-22-23-15(26(14)20)29-8-13-21-24-25-27(13)11-4-2-10(3-5-11)16(17,18)19/h2-7H,8,20H2,1H3. The van der Waals surface area contributed by atoms with Crippen molar-refractivity contribution in [2.75, 3.05) is 5.84 Å². The van der Waals surface area contributed by atoms with Crippen molar-refractivity contribution in [3.63, 3.8) is 0 Å². The fraction of sp³-hybridized carbons (Fsp3) is 0.188. The number of halogens is 3. The molecule has 0 saturated heterocycles. The van der Waals surface area contributed by atoms with E-state index < -0.39 is 11.7 Å². The molecule has 29 heavy (non-hydrogen) atoms. The van der Waals surface area contributed by atoms with E-state index in [9.17, 15) is 13.2 Å². The van der Waals surface area contributed by atoms with Gasteiger partial charge in [-0.2, -0.15) is 17.9 Å². The minimum Gasteiger partial charge on any atom is -0.469 e. The summed E-state index contributed by atoms with van der Waals surface area (Å²) in [7, 11) is 0. The molecule has 3 aromatic heterocycles. The van der Waals surface area contributed by atoms with E-state index in [1.807, 2.05) is 0 Å². The largest absolute Gasteiger partial charge is 0.469 e. The average Bonchev–Trinajstić information content (AvgIpc) is 3.40. The van der Waals surface area contributed by atoms with E-state index in [2.05, 4.69) is 25.7 Å². The molecule has 0 radical (unpaired) electrons. The zero-order chi connectivity index (χ0) is 20.6. The molecule has 0 aliphatic carbocycles. The fourth-order valence-corrected chi connectivity index (χ4v) is 3.36. The van der Waals surface area contributed by atoms with Crippen LogP contribution in [0.5, 0.6) is 0 Å². The van der Waals surface area contributed by atoms with Gasteiger partial charge in [0.15, 0.2) is 11.6 Å². The molecule has 0 fully saturated rings. The van der Waals surface area contributed by atoms with E-state index in [0.717, 1.165) is 17.7 Å². The summed E-state index contributed by atoms with van der Waals surface area (Å²) < 4.78 is 46.1. The van der Waals surface area contributed by atoms with E-state index >= 15 is 0 Å². The topological polar surface area (TPSA) is 113 Å². The van der Waals surface area contributed by atoms with E-state index in [0.29, 0.717) is 28.3 Å². The highest BCUT2D eigenvalue weighted by molar-refractivity contribution is 7.98. The Morgan fingerprint density at radius 2 is 1.86 bits per heavy atom. The molecule has 13 heteroatoms. The third kappa shape index (κ3) is 3.68. The molecule has 1 aromatic carbocycles. The van der Waals surface area contributed by atoms with Gasteiger partial charge in [0, 0.05) is 0 Å². The number of nitrogens with two attached hydrogens (primary N) is 1. The highest BCUT2D eigenvalue weighted by Crippen LogP contribution is 2.30. The molecule has 0 spiro atoms. The van der Waals surface area contributed by atoms with Crippen LogP contribution in [0.1, 0.15) is 17.1 Å². The van der Waals surface area contributed by atoms with Crippen molar-refractivity contribution in [1.29, 1.82) is 0 Å². The Balaban J connectivity index is 1.52. The third-order valence-corrected chi connectivity index (χ3v) is 5.01. The Morgan fingerprint density at radius 3 is 2.52 bits per heavy atom. The SMILES string of the molecule is Cc1occc1-c1nnc(SCc2nnnn2-c2ccc(C(F)(F)F)cc2)n1N.